The fraction of sp³-hybridized carbons (Fsp3) is 0.800. The van der Waals surface area contributed by atoms with Crippen LogP contribution < -0.4 is 0 Å². The first kappa shape index (κ1) is 6.32. The number of hydrogen-bond acceptors (Lipinski definition) is 1. The molecule has 1 aliphatic rings. The lowest BCUT2D eigenvalue weighted by molar-refractivity contribution is -0.137. The maximum Gasteiger partial charge on any atom is 0.303 e. The van der Waals surface area contributed by atoms with Crippen LogP contribution in [0.2, 0.25) is 0 Å². The number of aliphatic carboxylic acids is 1. The number of halogens is 1. The van der Waals surface area contributed by atoms with Crippen molar-refractivity contribution in [2.45, 2.75) is 16.8 Å². The second kappa shape index (κ2) is 2.21. The molecule has 0 heterocycles. The highest BCUT2D eigenvalue weighted by Gasteiger charge is 2.35. The summed E-state index contributed by atoms with van der Waals surface area (Å²) < 4.78 is 0.642. The molecule has 2 nitrogen and oxygen atoms in total. The molecule has 0 aromatic heterocycles. The molecule has 0 aliphatic heterocycles. The Balaban J connectivity index is 2.14. The molecule has 0 amide bonds. The summed E-state index contributed by atoms with van der Waals surface area (Å²) in [7, 11) is 0. The van der Waals surface area contributed by atoms with Crippen LogP contribution >= 0.6 is 22.6 Å². The Labute approximate surface area is 61.4 Å². The average Bonchev–Trinajstić information content (AvgIpc) is 2.17. The van der Waals surface area contributed by atoms with Gasteiger partial charge in [-0.15, -0.1) is 0 Å². The number of hydrogen-bond donors (Lipinski definition) is 1. The van der Waals surface area contributed by atoms with Crippen molar-refractivity contribution < 1.29 is 9.90 Å². The first-order valence-corrected chi connectivity index (χ1v) is 3.80. The van der Waals surface area contributed by atoms with Crippen molar-refractivity contribution in [3.8, 4) is 0 Å². The van der Waals surface area contributed by atoms with Crippen LogP contribution in [0.25, 0.3) is 0 Å². The zero-order valence-corrected chi connectivity index (χ0v) is 6.46. The van der Waals surface area contributed by atoms with Crippen molar-refractivity contribution in [1.82, 2.24) is 0 Å². The standard InChI is InChI=1S/C5H7IO2/c6-4-1-3(4)2-5(7)8/h3-4H,1-2H2,(H,7,8). The predicted octanol–water partition coefficient (Wildman–Crippen LogP) is 1.28. The first-order valence-electron chi connectivity index (χ1n) is 2.56. The fourth-order valence-electron chi connectivity index (χ4n) is 0.646. The number of carboxylic acids is 1. The van der Waals surface area contributed by atoms with Crippen LogP contribution in [0, 0.1) is 5.92 Å². The van der Waals surface area contributed by atoms with Crippen molar-refractivity contribution in [3.63, 3.8) is 0 Å². The van der Waals surface area contributed by atoms with Crippen molar-refractivity contribution in [1.29, 1.82) is 0 Å². The normalized spacial score (nSPS) is 34.6. The summed E-state index contributed by atoms with van der Waals surface area (Å²) in [5.41, 5.74) is 0. The smallest absolute Gasteiger partial charge is 0.303 e. The summed E-state index contributed by atoms with van der Waals surface area (Å²) in [4.78, 5) is 9.99. The highest BCUT2D eigenvalue weighted by molar-refractivity contribution is 14.1. The van der Waals surface area contributed by atoms with Gasteiger partial charge in [-0.1, -0.05) is 22.6 Å². The first-order chi connectivity index (χ1) is 3.70. The zero-order chi connectivity index (χ0) is 6.15. The quantitative estimate of drug-likeness (QED) is 0.568. The molecule has 2 unspecified atom stereocenters. The summed E-state index contributed by atoms with van der Waals surface area (Å²) in [6, 6.07) is 0. The van der Waals surface area contributed by atoms with E-state index >= 15 is 0 Å². The van der Waals surface area contributed by atoms with E-state index in [1.54, 1.807) is 0 Å². The minimum Gasteiger partial charge on any atom is -0.481 e. The molecule has 0 spiro atoms. The van der Waals surface area contributed by atoms with Crippen LogP contribution in [-0.2, 0) is 4.79 Å². The number of carbonyl (C=O) groups is 1. The summed E-state index contributed by atoms with van der Waals surface area (Å²) in [6.07, 6.45) is 1.47. The Morgan fingerprint density at radius 3 is 2.50 bits per heavy atom. The predicted molar refractivity (Wildman–Crippen MR) is 38.2 cm³/mol. The Kier molecular flexibility index (Phi) is 1.74. The molecule has 0 aromatic carbocycles. The van der Waals surface area contributed by atoms with E-state index in [2.05, 4.69) is 22.6 Å². The molecule has 2 atom stereocenters. The lowest BCUT2D eigenvalue weighted by atomic mass is 10.3. The molecule has 0 bridgehead atoms. The van der Waals surface area contributed by atoms with Crippen LogP contribution in [-0.4, -0.2) is 15.0 Å². The van der Waals surface area contributed by atoms with Gasteiger partial charge in [0.05, 0.1) is 0 Å². The highest BCUT2D eigenvalue weighted by atomic mass is 127. The van der Waals surface area contributed by atoms with Gasteiger partial charge in [0.2, 0.25) is 0 Å². The van der Waals surface area contributed by atoms with Crippen LogP contribution in [0.1, 0.15) is 12.8 Å². The van der Waals surface area contributed by atoms with Crippen LogP contribution in [0.5, 0.6) is 0 Å². The SMILES string of the molecule is O=C(O)CC1CC1I. The van der Waals surface area contributed by atoms with E-state index < -0.39 is 5.97 Å². The maximum atomic E-state index is 9.99. The van der Waals surface area contributed by atoms with Crippen LogP contribution in [0.3, 0.4) is 0 Å². The van der Waals surface area contributed by atoms with E-state index in [4.69, 9.17) is 5.11 Å². The van der Waals surface area contributed by atoms with Crippen LogP contribution in [0.4, 0.5) is 0 Å². The largest absolute Gasteiger partial charge is 0.481 e. The molecule has 46 valence electrons. The zero-order valence-electron chi connectivity index (χ0n) is 4.30. The Hall–Kier alpha value is 0.200. The molecular formula is C5H7IO2. The molecule has 1 aliphatic carbocycles. The van der Waals surface area contributed by atoms with Gasteiger partial charge in [0, 0.05) is 10.3 Å². The molecule has 1 saturated carbocycles. The minimum atomic E-state index is -0.658. The topological polar surface area (TPSA) is 37.3 Å². The number of rotatable bonds is 2. The van der Waals surface area contributed by atoms with Crippen molar-refractivity contribution >= 4 is 28.6 Å². The minimum absolute atomic E-state index is 0.369. The third-order valence-electron chi connectivity index (χ3n) is 1.27. The average molecular weight is 226 g/mol. The molecule has 3 heteroatoms. The summed E-state index contributed by atoms with van der Waals surface area (Å²) >= 11 is 2.29. The highest BCUT2D eigenvalue weighted by Crippen LogP contribution is 2.40. The van der Waals surface area contributed by atoms with Gasteiger partial charge in [-0.2, -0.15) is 0 Å². The number of carboxylic acid groups (broad SMARTS) is 1. The second-order valence-corrected chi connectivity index (χ2v) is 3.71. The van der Waals surface area contributed by atoms with E-state index in [1.807, 2.05) is 0 Å². The molecule has 1 N–H and O–H groups in total. The molecular weight excluding hydrogens is 219 g/mol. The van der Waals surface area contributed by atoms with Crippen LogP contribution in [0.15, 0.2) is 0 Å². The van der Waals surface area contributed by atoms with Gasteiger partial charge in [-0.05, 0) is 12.3 Å². The molecule has 0 aromatic rings. The molecule has 0 radical (unpaired) electrons. The third kappa shape index (κ3) is 1.61. The lowest BCUT2D eigenvalue weighted by Crippen LogP contribution is -1.95. The lowest BCUT2D eigenvalue weighted by Gasteiger charge is -1.85. The van der Waals surface area contributed by atoms with E-state index in [0.29, 0.717) is 16.3 Å². The van der Waals surface area contributed by atoms with Gasteiger partial charge in [0.1, 0.15) is 0 Å². The van der Waals surface area contributed by atoms with Gasteiger partial charge in [0.15, 0.2) is 0 Å². The maximum absolute atomic E-state index is 9.99. The van der Waals surface area contributed by atoms with Gasteiger partial charge < -0.3 is 5.11 Å². The van der Waals surface area contributed by atoms with E-state index in [-0.39, 0.29) is 0 Å². The summed E-state index contributed by atoms with van der Waals surface area (Å²) in [5, 5.41) is 8.24. The Morgan fingerprint density at radius 2 is 2.38 bits per heavy atom. The van der Waals surface area contributed by atoms with Crippen molar-refractivity contribution in [3.05, 3.63) is 0 Å². The molecule has 1 fully saturated rings. The van der Waals surface area contributed by atoms with E-state index in [1.165, 1.54) is 0 Å². The third-order valence-corrected chi connectivity index (χ3v) is 2.80. The number of alkyl halides is 1. The summed E-state index contributed by atoms with van der Waals surface area (Å²) in [5.74, 6) is -0.178. The fourth-order valence-corrected chi connectivity index (χ4v) is 1.55. The second-order valence-electron chi connectivity index (χ2n) is 2.11. The molecule has 8 heavy (non-hydrogen) atoms. The van der Waals surface area contributed by atoms with E-state index in [0.717, 1.165) is 6.42 Å². The monoisotopic (exact) mass is 226 g/mol. The van der Waals surface area contributed by atoms with Crippen molar-refractivity contribution in [2.24, 2.45) is 5.92 Å². The Bertz CT molecular complexity index is 113. The molecule has 0 saturated heterocycles. The van der Waals surface area contributed by atoms with Gasteiger partial charge in [0.25, 0.3) is 0 Å². The summed E-state index contributed by atoms with van der Waals surface area (Å²) in [6.45, 7) is 0. The van der Waals surface area contributed by atoms with Gasteiger partial charge in [-0.3, -0.25) is 4.79 Å². The Morgan fingerprint density at radius 1 is 1.88 bits per heavy atom. The molecule has 1 rings (SSSR count). The van der Waals surface area contributed by atoms with Gasteiger partial charge in [-0.25, -0.2) is 0 Å². The van der Waals surface area contributed by atoms with E-state index in [9.17, 15) is 4.79 Å². The van der Waals surface area contributed by atoms with Gasteiger partial charge >= 0.3 is 5.97 Å². The van der Waals surface area contributed by atoms with Crippen molar-refractivity contribution in [2.75, 3.05) is 0 Å².